The molecule has 0 rings (SSSR count). The van der Waals surface area contributed by atoms with E-state index >= 15 is 0 Å². The van der Waals surface area contributed by atoms with Crippen molar-refractivity contribution in [3.63, 3.8) is 0 Å². The van der Waals surface area contributed by atoms with Crippen LogP contribution in [0.1, 0.15) is 34.6 Å². The Hall–Kier alpha value is -1.72. The summed E-state index contributed by atoms with van der Waals surface area (Å²) in [5.41, 5.74) is -0.478. The Bertz CT molecular complexity index is 348. The normalized spacial score (nSPS) is 11.8. The standard InChI is InChI=1S/C15H30N4O2/c1-7-10-17-13(16-8-2)18-11-12-19(9-3)14(20)21-15(4,5)6/h7H,1,8-12H2,2-6H3,(H2,16,17,18). The molecule has 0 saturated heterocycles. The molecule has 122 valence electrons. The van der Waals surface area contributed by atoms with Crippen LogP contribution in [0.5, 0.6) is 0 Å². The Morgan fingerprint density at radius 3 is 2.48 bits per heavy atom. The van der Waals surface area contributed by atoms with Crippen molar-refractivity contribution < 1.29 is 9.53 Å². The molecule has 0 aromatic rings. The molecule has 0 radical (unpaired) electrons. The van der Waals surface area contributed by atoms with Crippen LogP contribution in [0.25, 0.3) is 0 Å². The Balaban J connectivity index is 4.41. The van der Waals surface area contributed by atoms with Crippen LogP contribution < -0.4 is 10.6 Å². The number of nitrogens with zero attached hydrogens (tertiary/aromatic N) is 2. The molecule has 0 spiro atoms. The van der Waals surface area contributed by atoms with E-state index < -0.39 is 5.60 Å². The summed E-state index contributed by atoms with van der Waals surface area (Å²) in [7, 11) is 0. The molecule has 21 heavy (non-hydrogen) atoms. The number of nitrogens with one attached hydrogen (secondary N) is 2. The molecule has 0 aromatic carbocycles. The summed E-state index contributed by atoms with van der Waals surface area (Å²) >= 11 is 0. The maximum Gasteiger partial charge on any atom is 0.410 e. The summed E-state index contributed by atoms with van der Waals surface area (Å²) in [6.07, 6.45) is 1.47. The lowest BCUT2D eigenvalue weighted by Crippen LogP contribution is -2.40. The van der Waals surface area contributed by atoms with E-state index in [1.807, 2.05) is 34.6 Å². The van der Waals surface area contributed by atoms with E-state index in [0.29, 0.717) is 26.2 Å². The van der Waals surface area contributed by atoms with Crippen molar-refractivity contribution in [3.8, 4) is 0 Å². The molecular formula is C15H30N4O2. The monoisotopic (exact) mass is 298 g/mol. The minimum Gasteiger partial charge on any atom is -0.444 e. The topological polar surface area (TPSA) is 66.0 Å². The van der Waals surface area contributed by atoms with Crippen LogP contribution in [-0.2, 0) is 4.74 Å². The van der Waals surface area contributed by atoms with Crippen LogP contribution in [0.15, 0.2) is 17.6 Å². The van der Waals surface area contributed by atoms with Crippen molar-refractivity contribution in [3.05, 3.63) is 12.7 Å². The molecule has 6 nitrogen and oxygen atoms in total. The van der Waals surface area contributed by atoms with Crippen molar-refractivity contribution in [1.29, 1.82) is 0 Å². The number of carbonyl (C=O) groups is 1. The maximum atomic E-state index is 12.0. The van der Waals surface area contributed by atoms with Gasteiger partial charge in [-0.05, 0) is 34.6 Å². The molecule has 0 bridgehead atoms. The SMILES string of the molecule is C=CCNC(=NCCN(CC)C(=O)OC(C)(C)C)NCC. The largest absolute Gasteiger partial charge is 0.444 e. The highest BCUT2D eigenvalue weighted by Gasteiger charge is 2.20. The van der Waals surface area contributed by atoms with Crippen molar-refractivity contribution in [1.82, 2.24) is 15.5 Å². The Labute approximate surface area is 128 Å². The third-order valence-electron chi connectivity index (χ3n) is 2.43. The van der Waals surface area contributed by atoms with Crippen molar-refractivity contribution in [2.45, 2.75) is 40.2 Å². The number of amides is 1. The van der Waals surface area contributed by atoms with Gasteiger partial charge in [0.15, 0.2) is 5.96 Å². The average molecular weight is 298 g/mol. The highest BCUT2D eigenvalue weighted by molar-refractivity contribution is 5.79. The predicted octanol–water partition coefficient (Wildman–Crippen LogP) is 1.98. The van der Waals surface area contributed by atoms with E-state index in [2.05, 4.69) is 22.2 Å². The summed E-state index contributed by atoms with van der Waals surface area (Å²) in [5.74, 6) is 0.720. The first kappa shape index (κ1) is 19.3. The van der Waals surface area contributed by atoms with E-state index in [9.17, 15) is 4.79 Å². The van der Waals surface area contributed by atoms with Crippen molar-refractivity contribution >= 4 is 12.1 Å². The molecule has 1 amide bonds. The van der Waals surface area contributed by atoms with Crippen LogP contribution in [0.2, 0.25) is 0 Å². The zero-order chi connectivity index (χ0) is 16.3. The molecule has 6 heteroatoms. The van der Waals surface area contributed by atoms with Gasteiger partial charge in [0, 0.05) is 26.2 Å². The molecule has 0 heterocycles. The number of carbonyl (C=O) groups excluding carboxylic acids is 1. The Kier molecular flexibility index (Phi) is 9.25. The van der Waals surface area contributed by atoms with E-state index in [1.54, 1.807) is 11.0 Å². The highest BCUT2D eigenvalue weighted by Crippen LogP contribution is 2.09. The van der Waals surface area contributed by atoms with Gasteiger partial charge in [-0.25, -0.2) is 4.79 Å². The molecule has 0 aliphatic rings. The fourth-order valence-corrected chi connectivity index (χ4v) is 1.50. The van der Waals surface area contributed by atoms with E-state index in [-0.39, 0.29) is 6.09 Å². The second-order valence-electron chi connectivity index (χ2n) is 5.49. The number of hydrogen-bond donors (Lipinski definition) is 2. The number of ether oxygens (including phenoxy) is 1. The highest BCUT2D eigenvalue weighted by atomic mass is 16.6. The molecule has 2 N–H and O–H groups in total. The molecule has 0 aliphatic heterocycles. The first-order valence-corrected chi connectivity index (χ1v) is 7.45. The van der Waals surface area contributed by atoms with Crippen molar-refractivity contribution in [2.24, 2.45) is 4.99 Å². The lowest BCUT2D eigenvalue weighted by molar-refractivity contribution is 0.0266. The molecule has 0 atom stereocenters. The molecule has 0 saturated carbocycles. The zero-order valence-corrected chi connectivity index (χ0v) is 14.0. The minimum atomic E-state index is -0.478. The molecule has 0 aliphatic carbocycles. The zero-order valence-electron chi connectivity index (χ0n) is 14.0. The summed E-state index contributed by atoms with van der Waals surface area (Å²) in [4.78, 5) is 18.0. The predicted molar refractivity (Wildman–Crippen MR) is 87.7 cm³/mol. The average Bonchev–Trinajstić information content (AvgIpc) is 2.38. The number of likely N-dealkylation sites (N-methyl/N-ethyl adjacent to an activating group) is 1. The van der Waals surface area contributed by atoms with Crippen LogP contribution in [-0.4, -0.2) is 55.3 Å². The first-order valence-electron chi connectivity index (χ1n) is 7.45. The summed E-state index contributed by atoms with van der Waals surface area (Å²) in [5, 5.41) is 6.25. The molecule has 0 fully saturated rings. The maximum absolute atomic E-state index is 12.0. The van der Waals surface area contributed by atoms with Crippen LogP contribution in [0.3, 0.4) is 0 Å². The van der Waals surface area contributed by atoms with Crippen molar-refractivity contribution in [2.75, 3.05) is 32.7 Å². The number of aliphatic imine (C=N–C) groups is 1. The van der Waals surface area contributed by atoms with Gasteiger partial charge in [-0.2, -0.15) is 0 Å². The molecule has 0 aromatic heterocycles. The van der Waals surface area contributed by atoms with Crippen LogP contribution in [0, 0.1) is 0 Å². The van der Waals surface area contributed by atoms with Gasteiger partial charge in [0.1, 0.15) is 5.60 Å². The number of hydrogen-bond acceptors (Lipinski definition) is 3. The summed E-state index contributed by atoms with van der Waals surface area (Å²) in [6, 6.07) is 0. The third kappa shape index (κ3) is 9.76. The quantitative estimate of drug-likeness (QED) is 0.428. The van der Waals surface area contributed by atoms with Gasteiger partial charge >= 0.3 is 6.09 Å². The first-order chi connectivity index (χ1) is 9.84. The smallest absolute Gasteiger partial charge is 0.410 e. The van der Waals surface area contributed by atoms with E-state index in [0.717, 1.165) is 12.5 Å². The van der Waals surface area contributed by atoms with E-state index in [1.165, 1.54) is 0 Å². The Morgan fingerprint density at radius 1 is 1.33 bits per heavy atom. The van der Waals surface area contributed by atoms with Gasteiger partial charge in [-0.15, -0.1) is 6.58 Å². The van der Waals surface area contributed by atoms with Crippen LogP contribution >= 0.6 is 0 Å². The van der Waals surface area contributed by atoms with Gasteiger partial charge < -0.3 is 20.3 Å². The van der Waals surface area contributed by atoms with Gasteiger partial charge in [0.2, 0.25) is 0 Å². The Morgan fingerprint density at radius 2 is 2.00 bits per heavy atom. The fraction of sp³-hybridized carbons (Fsp3) is 0.733. The number of rotatable bonds is 7. The van der Waals surface area contributed by atoms with Gasteiger partial charge in [-0.3, -0.25) is 4.99 Å². The fourth-order valence-electron chi connectivity index (χ4n) is 1.50. The van der Waals surface area contributed by atoms with Gasteiger partial charge in [0.05, 0.1) is 6.54 Å². The molecule has 0 unspecified atom stereocenters. The lowest BCUT2D eigenvalue weighted by Gasteiger charge is -2.26. The summed E-state index contributed by atoms with van der Waals surface area (Å²) in [6.45, 7) is 16.2. The second-order valence-corrected chi connectivity index (χ2v) is 5.49. The number of guanidine groups is 1. The lowest BCUT2D eigenvalue weighted by atomic mass is 10.2. The minimum absolute atomic E-state index is 0.302. The second kappa shape index (κ2) is 10.1. The molecular weight excluding hydrogens is 268 g/mol. The van der Waals surface area contributed by atoms with Gasteiger partial charge in [0.25, 0.3) is 0 Å². The van der Waals surface area contributed by atoms with Gasteiger partial charge in [-0.1, -0.05) is 6.08 Å². The summed E-state index contributed by atoms with van der Waals surface area (Å²) < 4.78 is 5.35. The van der Waals surface area contributed by atoms with Crippen LogP contribution in [0.4, 0.5) is 4.79 Å². The van der Waals surface area contributed by atoms with E-state index in [4.69, 9.17) is 4.74 Å². The third-order valence-corrected chi connectivity index (χ3v) is 2.43.